The molecule has 0 radical (unpaired) electrons. The smallest absolute Gasteiger partial charge is 0.127 e. The fraction of sp³-hybridized carbons (Fsp3) is 0.312. The van der Waals surface area contributed by atoms with Gasteiger partial charge in [0, 0.05) is 18.3 Å². The van der Waals surface area contributed by atoms with Crippen molar-refractivity contribution in [3.8, 4) is 11.5 Å². The number of pyridine rings is 1. The third-order valence-corrected chi connectivity index (χ3v) is 3.51. The van der Waals surface area contributed by atoms with E-state index in [0.717, 1.165) is 28.3 Å². The Morgan fingerprint density at radius 1 is 1.10 bits per heavy atom. The second-order valence-corrected chi connectivity index (χ2v) is 5.10. The van der Waals surface area contributed by atoms with Gasteiger partial charge in [0.05, 0.1) is 25.2 Å². The van der Waals surface area contributed by atoms with Crippen molar-refractivity contribution in [3.63, 3.8) is 0 Å². The van der Waals surface area contributed by atoms with Gasteiger partial charge in [-0.05, 0) is 30.7 Å². The normalized spacial score (nSPS) is 12.0. The van der Waals surface area contributed by atoms with Gasteiger partial charge in [-0.1, -0.05) is 12.1 Å². The molecule has 0 aliphatic carbocycles. The van der Waals surface area contributed by atoms with E-state index >= 15 is 0 Å². The third kappa shape index (κ3) is 3.23. The van der Waals surface area contributed by atoms with E-state index in [1.807, 2.05) is 43.5 Å². The molecule has 0 N–H and O–H groups in total. The van der Waals surface area contributed by atoms with Crippen LogP contribution >= 0.6 is 11.6 Å². The second-order valence-electron chi connectivity index (χ2n) is 4.57. The minimum Gasteiger partial charge on any atom is -0.496 e. The highest BCUT2D eigenvalue weighted by Gasteiger charge is 2.19. The van der Waals surface area contributed by atoms with Crippen molar-refractivity contribution in [1.29, 1.82) is 0 Å². The highest BCUT2D eigenvalue weighted by molar-refractivity contribution is 6.21. The van der Waals surface area contributed by atoms with Gasteiger partial charge in [0.25, 0.3) is 0 Å². The molecule has 20 heavy (non-hydrogen) atoms. The van der Waals surface area contributed by atoms with Gasteiger partial charge in [0.1, 0.15) is 11.5 Å². The molecule has 2 aromatic rings. The van der Waals surface area contributed by atoms with Crippen molar-refractivity contribution in [1.82, 2.24) is 4.98 Å². The van der Waals surface area contributed by atoms with Crippen LogP contribution in [0, 0.1) is 6.92 Å². The standard InChI is InChI=1S/C16H18ClNO2/c1-11-7-8-12(18-10-11)9-13(17)16-14(19-2)5-4-6-15(16)20-3/h4-8,10,13H,9H2,1-3H3. The first-order chi connectivity index (χ1) is 9.65. The van der Waals surface area contributed by atoms with Crippen molar-refractivity contribution in [2.45, 2.75) is 18.7 Å². The van der Waals surface area contributed by atoms with Crippen molar-refractivity contribution in [2.24, 2.45) is 0 Å². The maximum Gasteiger partial charge on any atom is 0.127 e. The van der Waals surface area contributed by atoms with Crippen LogP contribution in [0.1, 0.15) is 22.2 Å². The molecule has 0 aliphatic rings. The lowest BCUT2D eigenvalue weighted by Crippen LogP contribution is -2.03. The lowest BCUT2D eigenvalue weighted by Gasteiger charge is -2.17. The van der Waals surface area contributed by atoms with Crippen molar-refractivity contribution in [3.05, 3.63) is 53.3 Å². The van der Waals surface area contributed by atoms with Gasteiger partial charge in [-0.2, -0.15) is 0 Å². The van der Waals surface area contributed by atoms with Crippen LogP contribution in [0.2, 0.25) is 0 Å². The molecule has 1 aromatic carbocycles. The zero-order chi connectivity index (χ0) is 14.5. The van der Waals surface area contributed by atoms with Gasteiger partial charge in [-0.25, -0.2) is 0 Å². The summed E-state index contributed by atoms with van der Waals surface area (Å²) in [7, 11) is 3.26. The Morgan fingerprint density at radius 3 is 2.25 bits per heavy atom. The Kier molecular flexibility index (Phi) is 4.85. The Morgan fingerprint density at radius 2 is 1.75 bits per heavy atom. The van der Waals surface area contributed by atoms with Crippen LogP contribution in [-0.2, 0) is 6.42 Å². The molecule has 2 rings (SSSR count). The third-order valence-electron chi connectivity index (χ3n) is 3.14. The summed E-state index contributed by atoms with van der Waals surface area (Å²) < 4.78 is 10.8. The average Bonchev–Trinajstić information content (AvgIpc) is 2.48. The maximum atomic E-state index is 6.55. The summed E-state index contributed by atoms with van der Waals surface area (Å²) in [6.45, 7) is 2.01. The molecule has 0 bridgehead atoms. The SMILES string of the molecule is COc1cccc(OC)c1C(Cl)Cc1ccc(C)cn1. The number of rotatable bonds is 5. The van der Waals surface area contributed by atoms with Gasteiger partial charge in [0.2, 0.25) is 0 Å². The Bertz CT molecular complexity index is 547. The molecule has 4 heteroatoms. The number of hydrogen-bond acceptors (Lipinski definition) is 3. The molecule has 3 nitrogen and oxygen atoms in total. The lowest BCUT2D eigenvalue weighted by atomic mass is 10.0. The summed E-state index contributed by atoms with van der Waals surface area (Å²) in [5.74, 6) is 1.47. The molecule has 0 fully saturated rings. The van der Waals surface area contributed by atoms with Crippen molar-refractivity contribution >= 4 is 11.6 Å². The highest BCUT2D eigenvalue weighted by atomic mass is 35.5. The summed E-state index contributed by atoms with van der Waals surface area (Å²) in [6, 6.07) is 9.68. The zero-order valence-corrected chi connectivity index (χ0v) is 12.6. The molecule has 1 aromatic heterocycles. The number of halogens is 1. The molecule has 0 aliphatic heterocycles. The minimum absolute atomic E-state index is 0.253. The number of methoxy groups -OCH3 is 2. The van der Waals surface area contributed by atoms with Crippen LogP contribution in [-0.4, -0.2) is 19.2 Å². The molecule has 106 valence electrons. The van der Waals surface area contributed by atoms with Crippen LogP contribution in [0.4, 0.5) is 0 Å². The predicted octanol–water partition coefficient (Wildman–Crippen LogP) is 3.93. The number of nitrogens with zero attached hydrogens (tertiary/aromatic N) is 1. The Balaban J connectivity index is 2.28. The first-order valence-corrected chi connectivity index (χ1v) is 6.86. The minimum atomic E-state index is -0.253. The van der Waals surface area contributed by atoms with E-state index in [2.05, 4.69) is 4.98 Å². The average molecular weight is 292 g/mol. The van der Waals surface area contributed by atoms with E-state index in [1.165, 1.54) is 0 Å². The molecule has 1 unspecified atom stereocenters. The van der Waals surface area contributed by atoms with Gasteiger partial charge < -0.3 is 9.47 Å². The molecular formula is C16H18ClNO2. The van der Waals surface area contributed by atoms with E-state index in [9.17, 15) is 0 Å². The van der Waals surface area contributed by atoms with Crippen LogP contribution in [0.3, 0.4) is 0 Å². The summed E-state index contributed by atoms with van der Waals surface area (Å²) in [5, 5.41) is -0.253. The fourth-order valence-electron chi connectivity index (χ4n) is 2.09. The second kappa shape index (κ2) is 6.62. The van der Waals surface area contributed by atoms with E-state index in [4.69, 9.17) is 21.1 Å². The first kappa shape index (κ1) is 14.7. The first-order valence-electron chi connectivity index (χ1n) is 6.42. The summed E-state index contributed by atoms with van der Waals surface area (Å²) in [5.41, 5.74) is 2.94. The van der Waals surface area contributed by atoms with Gasteiger partial charge in [-0.15, -0.1) is 11.6 Å². The topological polar surface area (TPSA) is 31.4 Å². The van der Waals surface area contributed by atoms with Gasteiger partial charge in [0.15, 0.2) is 0 Å². The van der Waals surface area contributed by atoms with Crippen LogP contribution in [0.5, 0.6) is 11.5 Å². The number of benzene rings is 1. The maximum absolute atomic E-state index is 6.55. The Hall–Kier alpha value is -1.74. The van der Waals surface area contributed by atoms with Crippen LogP contribution < -0.4 is 9.47 Å². The van der Waals surface area contributed by atoms with Gasteiger partial charge >= 0.3 is 0 Å². The largest absolute Gasteiger partial charge is 0.496 e. The molecule has 0 saturated heterocycles. The number of ether oxygens (including phenoxy) is 2. The van der Waals surface area contributed by atoms with E-state index < -0.39 is 0 Å². The van der Waals surface area contributed by atoms with E-state index in [1.54, 1.807) is 14.2 Å². The van der Waals surface area contributed by atoms with Gasteiger partial charge in [-0.3, -0.25) is 4.98 Å². The molecular weight excluding hydrogens is 274 g/mol. The predicted molar refractivity (Wildman–Crippen MR) is 80.8 cm³/mol. The van der Waals surface area contributed by atoms with Crippen LogP contribution in [0.15, 0.2) is 36.5 Å². The fourth-order valence-corrected chi connectivity index (χ4v) is 2.47. The number of aromatic nitrogens is 1. The molecule has 1 atom stereocenters. The van der Waals surface area contributed by atoms with E-state index in [0.29, 0.717) is 6.42 Å². The Labute approximate surface area is 124 Å². The number of alkyl halides is 1. The number of hydrogen-bond donors (Lipinski definition) is 0. The van der Waals surface area contributed by atoms with Crippen LogP contribution in [0.25, 0.3) is 0 Å². The zero-order valence-electron chi connectivity index (χ0n) is 11.9. The quantitative estimate of drug-likeness (QED) is 0.782. The summed E-state index contributed by atoms with van der Waals surface area (Å²) in [4.78, 5) is 4.39. The molecule has 0 saturated carbocycles. The summed E-state index contributed by atoms with van der Waals surface area (Å²) >= 11 is 6.55. The van der Waals surface area contributed by atoms with Crippen molar-refractivity contribution in [2.75, 3.05) is 14.2 Å². The molecule has 0 amide bonds. The van der Waals surface area contributed by atoms with Crippen molar-refractivity contribution < 1.29 is 9.47 Å². The van der Waals surface area contributed by atoms with E-state index in [-0.39, 0.29) is 5.38 Å². The lowest BCUT2D eigenvalue weighted by molar-refractivity contribution is 0.384. The summed E-state index contributed by atoms with van der Waals surface area (Å²) in [6.07, 6.45) is 2.47. The highest BCUT2D eigenvalue weighted by Crippen LogP contribution is 2.38. The number of aryl methyl sites for hydroxylation is 1. The monoisotopic (exact) mass is 291 g/mol. The molecule has 0 spiro atoms. The molecule has 1 heterocycles.